The van der Waals surface area contributed by atoms with Gasteiger partial charge in [0.1, 0.15) is 5.82 Å². The molecule has 0 amide bonds. The van der Waals surface area contributed by atoms with E-state index in [-0.39, 0.29) is 5.82 Å². The summed E-state index contributed by atoms with van der Waals surface area (Å²) in [6.45, 7) is 2.47. The van der Waals surface area contributed by atoms with E-state index < -0.39 is 0 Å². The van der Waals surface area contributed by atoms with E-state index in [1.54, 1.807) is 12.1 Å². The van der Waals surface area contributed by atoms with E-state index in [0.29, 0.717) is 17.3 Å². The van der Waals surface area contributed by atoms with Crippen molar-refractivity contribution in [2.45, 2.75) is 12.8 Å². The van der Waals surface area contributed by atoms with Gasteiger partial charge in [0.05, 0.1) is 5.69 Å². The highest BCUT2D eigenvalue weighted by Gasteiger charge is 2.14. The SMILES string of the molecule is Nc1ccc(NCCC2CCOC2)c(F)c1. The lowest BCUT2D eigenvalue weighted by atomic mass is 10.1. The minimum atomic E-state index is -0.289. The maximum absolute atomic E-state index is 13.4. The largest absolute Gasteiger partial charge is 0.399 e. The Balaban J connectivity index is 1.80. The van der Waals surface area contributed by atoms with Gasteiger partial charge >= 0.3 is 0 Å². The molecule has 0 aromatic heterocycles. The molecule has 88 valence electrons. The molecule has 3 N–H and O–H groups in total. The summed E-state index contributed by atoms with van der Waals surface area (Å²) < 4.78 is 18.7. The third-order valence-corrected chi connectivity index (χ3v) is 2.89. The van der Waals surface area contributed by atoms with Crippen molar-refractivity contribution in [2.24, 2.45) is 5.92 Å². The van der Waals surface area contributed by atoms with Crippen LogP contribution in [-0.2, 0) is 4.74 Å². The van der Waals surface area contributed by atoms with Gasteiger partial charge in [-0.25, -0.2) is 4.39 Å². The smallest absolute Gasteiger partial charge is 0.148 e. The molecule has 0 bridgehead atoms. The number of rotatable bonds is 4. The summed E-state index contributed by atoms with van der Waals surface area (Å²) in [7, 11) is 0. The van der Waals surface area contributed by atoms with E-state index in [2.05, 4.69) is 5.32 Å². The van der Waals surface area contributed by atoms with E-state index in [1.807, 2.05) is 0 Å². The minimum absolute atomic E-state index is 0.289. The van der Waals surface area contributed by atoms with Gasteiger partial charge in [0.15, 0.2) is 0 Å². The maximum atomic E-state index is 13.4. The van der Waals surface area contributed by atoms with E-state index >= 15 is 0 Å². The van der Waals surface area contributed by atoms with Gasteiger partial charge in [-0.3, -0.25) is 0 Å². The Morgan fingerprint density at radius 2 is 2.38 bits per heavy atom. The minimum Gasteiger partial charge on any atom is -0.399 e. The molecule has 0 aliphatic carbocycles. The van der Waals surface area contributed by atoms with Crippen LogP contribution in [0.25, 0.3) is 0 Å². The standard InChI is InChI=1S/C12H17FN2O/c13-11-7-10(14)1-2-12(11)15-5-3-9-4-6-16-8-9/h1-2,7,9,15H,3-6,8,14H2. The second-order valence-electron chi connectivity index (χ2n) is 4.18. The van der Waals surface area contributed by atoms with Crippen LogP contribution < -0.4 is 11.1 Å². The fourth-order valence-electron chi connectivity index (χ4n) is 1.90. The molecule has 3 nitrogen and oxygen atoms in total. The zero-order chi connectivity index (χ0) is 11.4. The average Bonchev–Trinajstić information content (AvgIpc) is 2.74. The topological polar surface area (TPSA) is 47.3 Å². The van der Waals surface area contributed by atoms with E-state index in [0.717, 1.165) is 32.6 Å². The third kappa shape index (κ3) is 2.85. The third-order valence-electron chi connectivity index (χ3n) is 2.89. The number of benzene rings is 1. The maximum Gasteiger partial charge on any atom is 0.148 e. The van der Waals surface area contributed by atoms with Crippen LogP contribution in [0, 0.1) is 11.7 Å². The number of halogens is 1. The fraction of sp³-hybridized carbons (Fsp3) is 0.500. The first-order valence-corrected chi connectivity index (χ1v) is 5.62. The molecule has 0 spiro atoms. The molecule has 1 aromatic rings. The number of nitrogen functional groups attached to an aromatic ring is 1. The zero-order valence-electron chi connectivity index (χ0n) is 9.21. The Morgan fingerprint density at radius 1 is 1.50 bits per heavy atom. The number of ether oxygens (including phenoxy) is 1. The van der Waals surface area contributed by atoms with E-state index in [4.69, 9.17) is 10.5 Å². The summed E-state index contributed by atoms with van der Waals surface area (Å²) in [4.78, 5) is 0. The zero-order valence-corrected chi connectivity index (χ0v) is 9.21. The number of hydrogen-bond donors (Lipinski definition) is 2. The van der Waals surface area contributed by atoms with Crippen LogP contribution >= 0.6 is 0 Å². The normalized spacial score (nSPS) is 19.9. The average molecular weight is 224 g/mol. The fourth-order valence-corrected chi connectivity index (χ4v) is 1.90. The van der Waals surface area contributed by atoms with Gasteiger partial charge in [-0.1, -0.05) is 0 Å². The van der Waals surface area contributed by atoms with Gasteiger partial charge in [0.2, 0.25) is 0 Å². The first-order valence-electron chi connectivity index (χ1n) is 5.62. The number of nitrogens with one attached hydrogen (secondary N) is 1. The Morgan fingerprint density at radius 3 is 3.06 bits per heavy atom. The Kier molecular flexibility index (Phi) is 3.62. The molecule has 1 heterocycles. The highest BCUT2D eigenvalue weighted by molar-refractivity contribution is 5.52. The van der Waals surface area contributed by atoms with Crippen LogP contribution in [-0.4, -0.2) is 19.8 Å². The second kappa shape index (κ2) is 5.16. The van der Waals surface area contributed by atoms with Gasteiger partial charge < -0.3 is 15.8 Å². The van der Waals surface area contributed by atoms with Gasteiger partial charge in [-0.05, 0) is 37.0 Å². The Bertz CT molecular complexity index is 351. The quantitative estimate of drug-likeness (QED) is 0.771. The summed E-state index contributed by atoms with van der Waals surface area (Å²) in [5.74, 6) is 0.326. The number of nitrogens with two attached hydrogens (primary N) is 1. The van der Waals surface area contributed by atoms with Gasteiger partial charge in [-0.15, -0.1) is 0 Å². The Hall–Kier alpha value is -1.29. The van der Waals surface area contributed by atoms with Crippen molar-refractivity contribution < 1.29 is 9.13 Å². The molecule has 1 aliphatic heterocycles. The summed E-state index contributed by atoms with van der Waals surface area (Å²) in [6.07, 6.45) is 2.13. The molecular weight excluding hydrogens is 207 g/mol. The highest BCUT2D eigenvalue weighted by atomic mass is 19.1. The first-order chi connectivity index (χ1) is 7.75. The summed E-state index contributed by atoms with van der Waals surface area (Å²) >= 11 is 0. The molecule has 1 aromatic carbocycles. The molecule has 1 fully saturated rings. The molecule has 1 saturated heterocycles. The van der Waals surface area contributed by atoms with Crippen molar-refractivity contribution in [3.8, 4) is 0 Å². The van der Waals surface area contributed by atoms with Crippen molar-refractivity contribution >= 4 is 11.4 Å². The monoisotopic (exact) mass is 224 g/mol. The predicted octanol–water partition coefficient (Wildman–Crippen LogP) is 2.25. The first kappa shape index (κ1) is 11.2. The van der Waals surface area contributed by atoms with Gasteiger partial charge in [-0.2, -0.15) is 0 Å². The van der Waals surface area contributed by atoms with Crippen molar-refractivity contribution in [3.05, 3.63) is 24.0 Å². The van der Waals surface area contributed by atoms with Crippen LogP contribution in [0.4, 0.5) is 15.8 Å². The Labute approximate surface area is 94.8 Å². The van der Waals surface area contributed by atoms with Gasteiger partial charge in [0.25, 0.3) is 0 Å². The highest BCUT2D eigenvalue weighted by Crippen LogP contribution is 2.19. The molecule has 16 heavy (non-hydrogen) atoms. The van der Waals surface area contributed by atoms with Crippen LogP contribution in [0.5, 0.6) is 0 Å². The molecule has 0 radical (unpaired) electrons. The molecule has 1 aliphatic rings. The van der Waals surface area contributed by atoms with Crippen molar-refractivity contribution in [1.82, 2.24) is 0 Å². The van der Waals surface area contributed by atoms with Crippen LogP contribution in [0.3, 0.4) is 0 Å². The lowest BCUT2D eigenvalue weighted by Gasteiger charge is -2.10. The van der Waals surface area contributed by atoms with E-state index in [1.165, 1.54) is 6.07 Å². The van der Waals surface area contributed by atoms with Crippen molar-refractivity contribution in [3.63, 3.8) is 0 Å². The molecule has 2 rings (SSSR count). The van der Waals surface area contributed by atoms with E-state index in [9.17, 15) is 4.39 Å². The van der Waals surface area contributed by atoms with Crippen LogP contribution in [0.2, 0.25) is 0 Å². The van der Waals surface area contributed by atoms with Crippen LogP contribution in [0.15, 0.2) is 18.2 Å². The summed E-state index contributed by atoms with van der Waals surface area (Å²) in [5, 5.41) is 3.08. The van der Waals surface area contributed by atoms with Gasteiger partial charge in [0, 0.05) is 25.4 Å². The summed E-state index contributed by atoms with van der Waals surface area (Å²) in [5.41, 5.74) is 6.44. The lowest BCUT2D eigenvalue weighted by Crippen LogP contribution is -2.10. The molecular formula is C12H17FN2O. The number of hydrogen-bond acceptors (Lipinski definition) is 3. The van der Waals surface area contributed by atoms with Crippen LogP contribution in [0.1, 0.15) is 12.8 Å². The molecule has 0 saturated carbocycles. The summed E-state index contributed by atoms with van der Waals surface area (Å²) in [6, 6.07) is 4.71. The molecule has 1 atom stereocenters. The number of anilines is 2. The molecule has 1 unspecified atom stereocenters. The lowest BCUT2D eigenvalue weighted by molar-refractivity contribution is 0.185. The van der Waals surface area contributed by atoms with Crippen molar-refractivity contribution in [1.29, 1.82) is 0 Å². The second-order valence-corrected chi connectivity index (χ2v) is 4.18. The predicted molar refractivity (Wildman–Crippen MR) is 62.8 cm³/mol. The van der Waals surface area contributed by atoms with Crippen molar-refractivity contribution in [2.75, 3.05) is 30.8 Å². The molecule has 4 heteroatoms.